The van der Waals surface area contributed by atoms with Gasteiger partial charge in [-0.3, -0.25) is 9.78 Å². The highest BCUT2D eigenvalue weighted by molar-refractivity contribution is 7.71. The highest BCUT2D eigenvalue weighted by Crippen LogP contribution is 2.31. The third-order valence-corrected chi connectivity index (χ3v) is 3.54. The van der Waals surface area contributed by atoms with E-state index in [1.54, 1.807) is 6.07 Å². The molecule has 0 unspecified atom stereocenters. The van der Waals surface area contributed by atoms with E-state index in [1.165, 1.54) is 25.7 Å². The predicted octanol–water partition coefficient (Wildman–Crippen LogP) is 2.66. The minimum absolute atomic E-state index is 0.111. The monoisotopic (exact) mass is 224 g/mol. The highest BCUT2D eigenvalue weighted by atomic mass is 32.1. The van der Waals surface area contributed by atoms with E-state index in [9.17, 15) is 4.79 Å². The Balaban J connectivity index is 2.23. The number of nitrogens with zero attached hydrogens (tertiary/aromatic N) is 1. The van der Waals surface area contributed by atoms with E-state index in [0.29, 0.717) is 10.8 Å². The number of rotatable bonds is 1. The van der Waals surface area contributed by atoms with Crippen LogP contribution in [0.3, 0.4) is 0 Å². The van der Waals surface area contributed by atoms with Crippen molar-refractivity contribution in [1.29, 1.82) is 0 Å². The van der Waals surface area contributed by atoms with Gasteiger partial charge in [-0.25, -0.2) is 0 Å². The van der Waals surface area contributed by atoms with Crippen molar-refractivity contribution in [2.24, 2.45) is 5.92 Å². The van der Waals surface area contributed by atoms with E-state index in [0.717, 1.165) is 5.92 Å². The van der Waals surface area contributed by atoms with Crippen molar-refractivity contribution in [3.63, 3.8) is 0 Å². The first-order valence-electron chi connectivity index (χ1n) is 5.48. The van der Waals surface area contributed by atoms with Gasteiger partial charge in [0.05, 0.1) is 0 Å². The van der Waals surface area contributed by atoms with Crippen LogP contribution < -0.4 is 5.56 Å². The molecule has 0 aliphatic heterocycles. The minimum Gasteiger partial charge on any atom is -0.322 e. The molecule has 2 rings (SSSR count). The molecule has 0 spiro atoms. The molecule has 1 aromatic heterocycles. The SMILES string of the molecule is CC1CCC(n2ccc(=O)[nH]c2=S)CC1. The predicted molar refractivity (Wildman–Crippen MR) is 62.6 cm³/mol. The Morgan fingerprint density at radius 3 is 2.67 bits per heavy atom. The van der Waals surface area contributed by atoms with Gasteiger partial charge in [0, 0.05) is 18.3 Å². The fraction of sp³-hybridized carbons (Fsp3) is 0.636. The summed E-state index contributed by atoms with van der Waals surface area (Å²) < 4.78 is 2.59. The van der Waals surface area contributed by atoms with E-state index in [1.807, 2.05) is 10.8 Å². The lowest BCUT2D eigenvalue weighted by atomic mass is 9.87. The summed E-state index contributed by atoms with van der Waals surface area (Å²) in [5.41, 5.74) is -0.111. The fourth-order valence-electron chi connectivity index (χ4n) is 2.24. The first kappa shape index (κ1) is 10.6. The molecule has 1 saturated carbocycles. The van der Waals surface area contributed by atoms with Crippen molar-refractivity contribution in [2.45, 2.75) is 38.6 Å². The van der Waals surface area contributed by atoms with Crippen molar-refractivity contribution in [3.05, 3.63) is 27.4 Å². The second-order valence-electron chi connectivity index (χ2n) is 4.43. The summed E-state index contributed by atoms with van der Waals surface area (Å²) in [6.45, 7) is 2.29. The Morgan fingerprint density at radius 2 is 2.07 bits per heavy atom. The van der Waals surface area contributed by atoms with Gasteiger partial charge in [-0.1, -0.05) is 6.92 Å². The van der Waals surface area contributed by atoms with Gasteiger partial charge in [0.15, 0.2) is 4.77 Å². The van der Waals surface area contributed by atoms with Crippen LogP contribution in [0.5, 0.6) is 0 Å². The van der Waals surface area contributed by atoms with Crippen molar-refractivity contribution < 1.29 is 0 Å². The largest absolute Gasteiger partial charge is 0.322 e. The van der Waals surface area contributed by atoms with E-state index < -0.39 is 0 Å². The second kappa shape index (κ2) is 4.31. The molecular formula is C11H16N2OS. The molecule has 1 heterocycles. The molecule has 82 valence electrons. The lowest BCUT2D eigenvalue weighted by Gasteiger charge is -2.27. The van der Waals surface area contributed by atoms with Crippen LogP contribution in [0, 0.1) is 10.7 Å². The lowest BCUT2D eigenvalue weighted by molar-refractivity contribution is 0.285. The maximum atomic E-state index is 11.0. The van der Waals surface area contributed by atoms with Crippen LogP contribution in [-0.4, -0.2) is 9.55 Å². The lowest BCUT2D eigenvalue weighted by Crippen LogP contribution is -2.20. The summed E-state index contributed by atoms with van der Waals surface area (Å²) in [6.07, 6.45) is 6.67. The molecule has 0 amide bonds. The van der Waals surface area contributed by atoms with Crippen LogP contribution in [0.1, 0.15) is 38.6 Å². The molecule has 1 aliphatic rings. The molecule has 0 aromatic carbocycles. The standard InChI is InChI=1S/C11H16N2OS/c1-8-2-4-9(5-3-8)13-7-6-10(14)12-11(13)15/h6-9H,2-5H2,1H3,(H,12,14,15). The number of hydrogen-bond donors (Lipinski definition) is 1. The molecular weight excluding hydrogens is 208 g/mol. The Bertz CT molecular complexity index is 440. The van der Waals surface area contributed by atoms with Gasteiger partial charge in [0.2, 0.25) is 0 Å². The summed E-state index contributed by atoms with van der Waals surface area (Å²) in [4.78, 5) is 13.7. The Labute approximate surface area is 94.1 Å². The molecule has 1 fully saturated rings. The van der Waals surface area contributed by atoms with Gasteiger partial charge in [0.25, 0.3) is 5.56 Å². The zero-order valence-electron chi connectivity index (χ0n) is 8.90. The van der Waals surface area contributed by atoms with Crippen LogP contribution in [-0.2, 0) is 0 Å². The second-order valence-corrected chi connectivity index (χ2v) is 4.82. The van der Waals surface area contributed by atoms with Gasteiger partial charge in [0.1, 0.15) is 0 Å². The molecule has 3 nitrogen and oxygen atoms in total. The third kappa shape index (κ3) is 2.37. The molecule has 0 bridgehead atoms. The Kier molecular flexibility index (Phi) is 3.05. The summed E-state index contributed by atoms with van der Waals surface area (Å²) in [5.74, 6) is 0.832. The molecule has 4 heteroatoms. The molecule has 15 heavy (non-hydrogen) atoms. The van der Waals surface area contributed by atoms with Gasteiger partial charge >= 0.3 is 0 Å². The summed E-state index contributed by atoms with van der Waals surface area (Å²) in [7, 11) is 0. The minimum atomic E-state index is -0.111. The normalized spacial score (nSPS) is 26.5. The topological polar surface area (TPSA) is 37.8 Å². The van der Waals surface area contributed by atoms with E-state index in [-0.39, 0.29) is 5.56 Å². The van der Waals surface area contributed by atoms with Crippen LogP contribution in [0.15, 0.2) is 17.1 Å². The molecule has 0 atom stereocenters. The Hall–Kier alpha value is -0.900. The van der Waals surface area contributed by atoms with E-state index >= 15 is 0 Å². The molecule has 1 aliphatic carbocycles. The highest BCUT2D eigenvalue weighted by Gasteiger charge is 2.19. The fourth-order valence-corrected chi connectivity index (χ4v) is 2.55. The van der Waals surface area contributed by atoms with Crippen LogP contribution in [0.2, 0.25) is 0 Å². The molecule has 0 radical (unpaired) electrons. The van der Waals surface area contributed by atoms with Crippen molar-refractivity contribution in [2.75, 3.05) is 0 Å². The van der Waals surface area contributed by atoms with Crippen LogP contribution in [0.4, 0.5) is 0 Å². The number of aromatic nitrogens is 2. The zero-order chi connectivity index (χ0) is 10.8. The quantitative estimate of drug-likeness (QED) is 0.745. The van der Waals surface area contributed by atoms with Crippen LogP contribution >= 0.6 is 12.2 Å². The zero-order valence-corrected chi connectivity index (χ0v) is 9.72. The molecule has 0 saturated heterocycles. The number of H-pyrrole nitrogens is 1. The molecule has 1 N–H and O–H groups in total. The Morgan fingerprint density at radius 1 is 1.40 bits per heavy atom. The van der Waals surface area contributed by atoms with Gasteiger partial charge < -0.3 is 4.57 Å². The van der Waals surface area contributed by atoms with Crippen molar-refractivity contribution in [3.8, 4) is 0 Å². The number of aromatic amines is 1. The summed E-state index contributed by atoms with van der Waals surface area (Å²) in [5, 5.41) is 0. The summed E-state index contributed by atoms with van der Waals surface area (Å²) in [6, 6.07) is 2.03. The average molecular weight is 224 g/mol. The van der Waals surface area contributed by atoms with Crippen LogP contribution in [0.25, 0.3) is 0 Å². The maximum Gasteiger partial charge on any atom is 0.251 e. The van der Waals surface area contributed by atoms with Gasteiger partial charge in [-0.15, -0.1) is 0 Å². The van der Waals surface area contributed by atoms with Gasteiger partial charge in [-0.2, -0.15) is 0 Å². The van der Waals surface area contributed by atoms with Gasteiger partial charge in [-0.05, 0) is 43.8 Å². The maximum absolute atomic E-state index is 11.0. The molecule has 1 aromatic rings. The first-order chi connectivity index (χ1) is 7.16. The first-order valence-corrected chi connectivity index (χ1v) is 5.89. The average Bonchev–Trinajstić information content (AvgIpc) is 2.20. The van der Waals surface area contributed by atoms with Crippen molar-refractivity contribution >= 4 is 12.2 Å². The number of hydrogen-bond acceptors (Lipinski definition) is 2. The summed E-state index contributed by atoms with van der Waals surface area (Å²) >= 11 is 5.16. The third-order valence-electron chi connectivity index (χ3n) is 3.23. The smallest absolute Gasteiger partial charge is 0.251 e. The van der Waals surface area contributed by atoms with Crippen molar-refractivity contribution in [1.82, 2.24) is 9.55 Å². The van der Waals surface area contributed by atoms with E-state index in [2.05, 4.69) is 11.9 Å². The van der Waals surface area contributed by atoms with E-state index in [4.69, 9.17) is 12.2 Å². The number of nitrogens with one attached hydrogen (secondary N) is 1.